The lowest BCUT2D eigenvalue weighted by molar-refractivity contribution is -0.143. The number of carbonyl (C=O) groups is 1. The van der Waals surface area contributed by atoms with Crippen molar-refractivity contribution in [1.82, 2.24) is 5.32 Å². The van der Waals surface area contributed by atoms with Crippen molar-refractivity contribution in [2.75, 3.05) is 5.75 Å². The largest absolute Gasteiger partial charge is 0.480 e. The van der Waals surface area contributed by atoms with Crippen molar-refractivity contribution in [3.05, 3.63) is 35.9 Å². The molecule has 82 valence electrons. The van der Waals surface area contributed by atoms with Gasteiger partial charge < -0.3 is 5.11 Å². The maximum atomic E-state index is 11.0. The molecule has 0 fully saturated rings. The standard InChI is InChI=1S/C11H15NO2S/c1-11(8-15,10(13)14)12-7-9-5-3-2-4-6-9/h2-6,12,15H,7-8H2,1H3,(H,13,14). The van der Waals surface area contributed by atoms with Crippen molar-refractivity contribution in [3.8, 4) is 0 Å². The van der Waals surface area contributed by atoms with Gasteiger partial charge >= 0.3 is 5.97 Å². The zero-order chi connectivity index (χ0) is 11.3. The number of aliphatic carboxylic acids is 1. The fourth-order valence-corrected chi connectivity index (χ4v) is 1.34. The average Bonchev–Trinajstić information content (AvgIpc) is 2.27. The van der Waals surface area contributed by atoms with Gasteiger partial charge in [0.15, 0.2) is 0 Å². The van der Waals surface area contributed by atoms with Crippen LogP contribution >= 0.6 is 12.6 Å². The minimum absolute atomic E-state index is 0.259. The highest BCUT2D eigenvalue weighted by Crippen LogP contribution is 2.08. The normalized spacial score (nSPS) is 14.5. The van der Waals surface area contributed by atoms with Crippen molar-refractivity contribution in [2.45, 2.75) is 19.0 Å². The summed E-state index contributed by atoms with van der Waals surface area (Å²) in [5.41, 5.74) is 0.0886. The Morgan fingerprint density at radius 1 is 1.47 bits per heavy atom. The first-order valence-corrected chi connectivity index (χ1v) is 5.35. The minimum Gasteiger partial charge on any atom is -0.480 e. The van der Waals surface area contributed by atoms with Crippen LogP contribution in [0.4, 0.5) is 0 Å². The van der Waals surface area contributed by atoms with Crippen molar-refractivity contribution in [3.63, 3.8) is 0 Å². The van der Waals surface area contributed by atoms with Crippen LogP contribution in [0.2, 0.25) is 0 Å². The fourth-order valence-electron chi connectivity index (χ4n) is 1.09. The Labute approximate surface area is 94.9 Å². The van der Waals surface area contributed by atoms with E-state index < -0.39 is 11.5 Å². The Bertz CT molecular complexity index is 329. The van der Waals surface area contributed by atoms with Gasteiger partial charge in [-0.25, -0.2) is 0 Å². The minimum atomic E-state index is -0.973. The number of nitrogens with one attached hydrogen (secondary N) is 1. The molecule has 2 N–H and O–H groups in total. The van der Waals surface area contributed by atoms with Crippen LogP contribution in [0, 0.1) is 0 Å². The Morgan fingerprint density at radius 3 is 2.53 bits per heavy atom. The first kappa shape index (κ1) is 12.1. The summed E-state index contributed by atoms with van der Waals surface area (Å²) in [6.45, 7) is 2.16. The van der Waals surface area contributed by atoms with Crippen molar-refractivity contribution in [2.24, 2.45) is 0 Å². The van der Waals surface area contributed by atoms with Crippen LogP contribution in [0.25, 0.3) is 0 Å². The van der Waals surface area contributed by atoms with Crippen LogP contribution in [0.15, 0.2) is 30.3 Å². The molecule has 0 aromatic heterocycles. The van der Waals surface area contributed by atoms with Crippen LogP contribution in [-0.2, 0) is 11.3 Å². The molecule has 1 aromatic rings. The van der Waals surface area contributed by atoms with E-state index in [-0.39, 0.29) is 5.75 Å². The van der Waals surface area contributed by atoms with E-state index in [0.717, 1.165) is 5.56 Å². The molecule has 15 heavy (non-hydrogen) atoms. The van der Waals surface area contributed by atoms with E-state index in [1.807, 2.05) is 30.3 Å². The first-order valence-electron chi connectivity index (χ1n) is 4.72. The Balaban J connectivity index is 2.59. The maximum absolute atomic E-state index is 11.0. The molecule has 0 radical (unpaired) electrons. The number of hydrogen-bond acceptors (Lipinski definition) is 3. The SMILES string of the molecule is CC(CS)(NCc1ccccc1)C(=O)O. The lowest BCUT2D eigenvalue weighted by Gasteiger charge is -2.24. The van der Waals surface area contributed by atoms with Gasteiger partial charge in [0.2, 0.25) is 0 Å². The summed E-state index contributed by atoms with van der Waals surface area (Å²) in [7, 11) is 0. The zero-order valence-electron chi connectivity index (χ0n) is 8.60. The summed E-state index contributed by atoms with van der Waals surface area (Å²) in [6, 6.07) is 9.69. The van der Waals surface area contributed by atoms with E-state index in [4.69, 9.17) is 5.11 Å². The second kappa shape index (κ2) is 5.19. The number of hydrogen-bond donors (Lipinski definition) is 3. The van der Waals surface area contributed by atoms with Crippen molar-refractivity contribution >= 4 is 18.6 Å². The van der Waals surface area contributed by atoms with Gasteiger partial charge in [0.25, 0.3) is 0 Å². The van der Waals surface area contributed by atoms with E-state index >= 15 is 0 Å². The third-order valence-electron chi connectivity index (χ3n) is 2.31. The highest BCUT2D eigenvalue weighted by Gasteiger charge is 2.30. The summed E-state index contributed by atoms with van der Waals surface area (Å²) in [5, 5.41) is 12.0. The van der Waals surface area contributed by atoms with Crippen LogP contribution in [0.3, 0.4) is 0 Å². The quantitative estimate of drug-likeness (QED) is 0.666. The van der Waals surface area contributed by atoms with Crippen LogP contribution in [0.5, 0.6) is 0 Å². The number of benzene rings is 1. The Morgan fingerprint density at radius 2 is 2.07 bits per heavy atom. The highest BCUT2D eigenvalue weighted by molar-refractivity contribution is 7.80. The Hall–Kier alpha value is -1.00. The fraction of sp³-hybridized carbons (Fsp3) is 0.364. The molecule has 0 spiro atoms. The second-order valence-corrected chi connectivity index (χ2v) is 3.95. The van der Waals surface area contributed by atoms with Gasteiger partial charge in [-0.05, 0) is 12.5 Å². The summed E-state index contributed by atoms with van der Waals surface area (Å²) in [6.07, 6.45) is 0. The monoisotopic (exact) mass is 225 g/mol. The van der Waals surface area contributed by atoms with Gasteiger partial charge in [-0.2, -0.15) is 12.6 Å². The molecule has 4 heteroatoms. The predicted octanol–water partition coefficient (Wildman–Crippen LogP) is 1.55. The lowest BCUT2D eigenvalue weighted by atomic mass is 10.1. The van der Waals surface area contributed by atoms with Gasteiger partial charge in [0.1, 0.15) is 5.54 Å². The van der Waals surface area contributed by atoms with Gasteiger partial charge in [-0.3, -0.25) is 10.1 Å². The highest BCUT2D eigenvalue weighted by atomic mass is 32.1. The molecule has 0 saturated heterocycles. The van der Waals surface area contributed by atoms with Crippen LogP contribution in [0.1, 0.15) is 12.5 Å². The van der Waals surface area contributed by atoms with Gasteiger partial charge in [0, 0.05) is 12.3 Å². The average molecular weight is 225 g/mol. The summed E-state index contributed by atoms with van der Waals surface area (Å²) in [5.74, 6) is -0.622. The lowest BCUT2D eigenvalue weighted by Crippen LogP contribution is -2.50. The van der Waals surface area contributed by atoms with Crippen LogP contribution in [-0.4, -0.2) is 22.4 Å². The number of rotatable bonds is 5. The first-order chi connectivity index (χ1) is 7.08. The molecule has 0 aliphatic carbocycles. The molecule has 0 amide bonds. The topological polar surface area (TPSA) is 49.3 Å². The molecule has 1 atom stereocenters. The molecule has 1 aromatic carbocycles. The van der Waals surface area contributed by atoms with Gasteiger partial charge in [-0.1, -0.05) is 30.3 Å². The molecule has 0 bridgehead atoms. The molecule has 0 aliphatic heterocycles. The molecule has 0 aliphatic rings. The van der Waals surface area contributed by atoms with E-state index in [9.17, 15) is 4.79 Å². The molecule has 0 heterocycles. The number of carboxylic acids is 1. The predicted molar refractivity (Wildman–Crippen MR) is 63.2 cm³/mol. The van der Waals surface area contributed by atoms with E-state index in [2.05, 4.69) is 17.9 Å². The van der Waals surface area contributed by atoms with Gasteiger partial charge in [-0.15, -0.1) is 0 Å². The van der Waals surface area contributed by atoms with E-state index in [1.165, 1.54) is 0 Å². The van der Waals surface area contributed by atoms with Crippen LogP contribution < -0.4 is 5.32 Å². The third kappa shape index (κ3) is 3.25. The maximum Gasteiger partial charge on any atom is 0.324 e. The molecule has 1 rings (SSSR count). The van der Waals surface area contributed by atoms with E-state index in [0.29, 0.717) is 6.54 Å². The summed E-state index contributed by atoms with van der Waals surface area (Å²) < 4.78 is 0. The Kier molecular flexibility index (Phi) is 4.17. The smallest absolute Gasteiger partial charge is 0.324 e. The second-order valence-electron chi connectivity index (χ2n) is 3.63. The summed E-state index contributed by atoms with van der Waals surface area (Å²) in [4.78, 5) is 11.0. The zero-order valence-corrected chi connectivity index (χ0v) is 9.50. The van der Waals surface area contributed by atoms with Crippen molar-refractivity contribution in [1.29, 1.82) is 0 Å². The number of thiol groups is 1. The molecular formula is C11H15NO2S. The molecule has 0 saturated carbocycles. The van der Waals surface area contributed by atoms with E-state index in [1.54, 1.807) is 6.92 Å². The number of carboxylic acid groups (broad SMARTS) is 1. The molecular weight excluding hydrogens is 210 g/mol. The molecule has 3 nitrogen and oxygen atoms in total. The molecule has 1 unspecified atom stereocenters. The summed E-state index contributed by atoms with van der Waals surface area (Å²) >= 11 is 4.04. The van der Waals surface area contributed by atoms with Crippen molar-refractivity contribution < 1.29 is 9.90 Å². The third-order valence-corrected chi connectivity index (χ3v) is 2.95. The van der Waals surface area contributed by atoms with Gasteiger partial charge in [0.05, 0.1) is 0 Å².